The number of hydrogen-bond acceptors (Lipinski definition) is 10. The van der Waals surface area contributed by atoms with Crippen LogP contribution in [0.4, 0.5) is 0 Å². The predicted octanol–water partition coefficient (Wildman–Crippen LogP) is -4.32. The van der Waals surface area contributed by atoms with Crippen LogP contribution in [0.5, 0.6) is 5.75 Å². The molecule has 2 aromatic rings. The number of rotatable bonds is 8. The van der Waals surface area contributed by atoms with E-state index in [1.165, 1.54) is 47.8 Å². The second-order valence-corrected chi connectivity index (χ2v) is 9.68. The second kappa shape index (κ2) is 11.6. The molecule has 5 N–H and O–H groups in total. The number of carboxylic acids is 1. The molecule has 178 valence electrons. The molecule has 2 amide bonds. The van der Waals surface area contributed by atoms with E-state index in [0.717, 1.165) is 4.90 Å². The molecule has 1 unspecified atom stereocenters. The minimum absolute atomic E-state index is 0. The molecule has 1 fully saturated rings. The summed E-state index contributed by atoms with van der Waals surface area (Å²) in [6, 6.07) is 6.50. The fourth-order valence-corrected chi connectivity index (χ4v) is 6.04. The number of aromatic amines is 1. The van der Waals surface area contributed by atoms with Gasteiger partial charge in [-0.15, -0.1) is 23.5 Å². The van der Waals surface area contributed by atoms with E-state index in [4.69, 9.17) is 5.73 Å². The van der Waals surface area contributed by atoms with Gasteiger partial charge in [-0.25, -0.2) is 5.10 Å². The summed E-state index contributed by atoms with van der Waals surface area (Å²) in [7, 11) is 0. The second-order valence-electron chi connectivity index (χ2n) is 7.58. The van der Waals surface area contributed by atoms with Crippen LogP contribution >= 0.6 is 23.5 Å². The first-order chi connectivity index (χ1) is 16.3. The third-order valence-corrected chi connectivity index (χ3v) is 7.72. The number of phenolic OH excluding ortho intramolecular Hbond substituents is 1. The number of aromatic nitrogens is 2. The van der Waals surface area contributed by atoms with Gasteiger partial charge >= 0.3 is 29.6 Å². The number of aliphatic carboxylic acids is 1. The minimum Gasteiger partial charge on any atom is -0.543 e. The van der Waals surface area contributed by atoms with Crippen molar-refractivity contribution in [2.45, 2.75) is 29.4 Å². The molecule has 0 radical (unpaired) electrons. The molecule has 1 aromatic heterocycles. The summed E-state index contributed by atoms with van der Waals surface area (Å²) in [4.78, 5) is 49.5. The quantitative estimate of drug-likeness (QED) is 0.149. The maximum Gasteiger partial charge on any atom is 1.00 e. The van der Waals surface area contributed by atoms with Crippen molar-refractivity contribution in [3.05, 3.63) is 63.1 Å². The van der Waals surface area contributed by atoms with E-state index in [9.17, 15) is 29.4 Å². The molecule has 11 nitrogen and oxygen atoms in total. The Kier molecular flexibility index (Phi) is 9.07. The first kappa shape index (κ1) is 27.3. The number of benzene rings is 1. The van der Waals surface area contributed by atoms with Gasteiger partial charge in [-0.05, 0) is 34.9 Å². The van der Waals surface area contributed by atoms with Crippen LogP contribution in [0.15, 0.2) is 51.4 Å². The fourth-order valence-electron chi connectivity index (χ4n) is 3.73. The number of β-lactam (4-membered cyclic amide) rings is 1. The Bertz CT molecular complexity index is 1230. The van der Waals surface area contributed by atoms with Crippen LogP contribution in [0.3, 0.4) is 0 Å². The molecule has 14 heteroatoms. The Morgan fingerprint density at radius 1 is 1.29 bits per heavy atom. The molecular weight excluding hydrogens is 505 g/mol. The molecule has 1 saturated heterocycles. The van der Waals surface area contributed by atoms with E-state index in [1.807, 2.05) is 0 Å². The number of fused-ring (bicyclic) bond motifs is 1. The van der Waals surface area contributed by atoms with E-state index in [2.05, 4.69) is 15.5 Å². The van der Waals surface area contributed by atoms with Crippen molar-refractivity contribution in [3.8, 4) is 5.75 Å². The number of thioether (sulfide) groups is 2. The van der Waals surface area contributed by atoms with Crippen molar-refractivity contribution in [2.24, 2.45) is 5.73 Å². The Balaban J connectivity index is 0.00000342. The van der Waals surface area contributed by atoms with Crippen LogP contribution in [0, 0.1) is 0 Å². The van der Waals surface area contributed by atoms with Crippen LogP contribution in [0.25, 0.3) is 0 Å². The summed E-state index contributed by atoms with van der Waals surface area (Å²) >= 11 is 2.57. The predicted molar refractivity (Wildman–Crippen MR) is 122 cm³/mol. The molecule has 0 saturated carbocycles. The number of hydrogen-bond donors (Lipinski definition) is 4. The number of nitrogens with zero attached hydrogens (tertiary/aromatic N) is 2. The average Bonchev–Trinajstić information content (AvgIpc) is 2.82. The zero-order valence-electron chi connectivity index (χ0n) is 18.6. The van der Waals surface area contributed by atoms with Gasteiger partial charge in [0.15, 0.2) is 0 Å². The standard InChI is InChI=1S/C21H21N5O6S2.Na/c22-7-11-5-13(27)2-1-10(11)6-15(29)23-17-19(30)26-18(21(31)32)12(9-34-20(17)26)8-33-16-4-3-14(28)24-25-16;/h1-5,17,20,27H,6-9,22H2,(H,23,29)(H,24,28)(H,31,32);/q;+1/p-1/t17?,20-;/m1./s1. The summed E-state index contributed by atoms with van der Waals surface area (Å²) in [5.74, 6) is -1.80. The number of amides is 2. The number of nitrogens with two attached hydrogens (primary N) is 1. The molecule has 2 atom stereocenters. The number of carbonyl (C=O) groups is 3. The number of aromatic hydroxyl groups is 1. The minimum atomic E-state index is -1.47. The summed E-state index contributed by atoms with van der Waals surface area (Å²) in [5, 5.41) is 30.2. The van der Waals surface area contributed by atoms with E-state index in [0.29, 0.717) is 27.5 Å². The largest absolute Gasteiger partial charge is 1.00 e. The van der Waals surface area contributed by atoms with Gasteiger partial charge in [0.1, 0.15) is 22.2 Å². The summed E-state index contributed by atoms with van der Waals surface area (Å²) < 4.78 is 0. The maximum atomic E-state index is 12.8. The summed E-state index contributed by atoms with van der Waals surface area (Å²) in [5.41, 5.74) is 6.87. The Labute approximate surface area is 230 Å². The fraction of sp³-hybridized carbons (Fsp3) is 0.286. The molecule has 4 rings (SSSR count). The Morgan fingerprint density at radius 3 is 2.71 bits per heavy atom. The van der Waals surface area contributed by atoms with Crippen LogP contribution in [0.1, 0.15) is 11.1 Å². The maximum absolute atomic E-state index is 12.8. The summed E-state index contributed by atoms with van der Waals surface area (Å²) in [6.45, 7) is 0.140. The number of phenols is 1. The van der Waals surface area contributed by atoms with Crippen LogP contribution < -0.4 is 51.3 Å². The molecule has 1 aromatic carbocycles. The van der Waals surface area contributed by atoms with Gasteiger partial charge in [-0.2, -0.15) is 5.10 Å². The van der Waals surface area contributed by atoms with Crippen molar-refractivity contribution < 1.29 is 54.2 Å². The topological polar surface area (TPSA) is 182 Å². The molecule has 0 aliphatic carbocycles. The van der Waals surface area contributed by atoms with Gasteiger partial charge in [-0.1, -0.05) is 6.07 Å². The van der Waals surface area contributed by atoms with Crippen molar-refractivity contribution in [3.63, 3.8) is 0 Å². The van der Waals surface area contributed by atoms with Gasteiger partial charge < -0.3 is 26.1 Å². The van der Waals surface area contributed by atoms with Crippen molar-refractivity contribution >= 4 is 41.3 Å². The van der Waals surface area contributed by atoms with Crippen LogP contribution in [0.2, 0.25) is 0 Å². The molecule has 3 heterocycles. The third-order valence-electron chi connectivity index (χ3n) is 5.37. The zero-order chi connectivity index (χ0) is 24.4. The normalized spacial score (nSPS) is 18.9. The number of carbonyl (C=O) groups excluding carboxylic acids is 3. The Hall–Kier alpha value is -2.29. The van der Waals surface area contributed by atoms with E-state index >= 15 is 0 Å². The monoisotopic (exact) mass is 525 g/mol. The smallest absolute Gasteiger partial charge is 0.543 e. The number of nitrogens with one attached hydrogen (secondary N) is 2. The van der Waals surface area contributed by atoms with Gasteiger partial charge in [0.2, 0.25) is 5.91 Å². The first-order valence-electron chi connectivity index (χ1n) is 10.1. The number of H-pyrrole nitrogens is 1. The van der Waals surface area contributed by atoms with E-state index < -0.39 is 29.2 Å². The molecule has 0 spiro atoms. The number of carboxylic acid groups (broad SMARTS) is 1. The van der Waals surface area contributed by atoms with Gasteiger partial charge in [0.05, 0.1) is 18.1 Å². The van der Waals surface area contributed by atoms with Crippen LogP contribution in [-0.4, -0.2) is 60.9 Å². The van der Waals surface area contributed by atoms with Crippen molar-refractivity contribution in [1.82, 2.24) is 20.4 Å². The van der Waals surface area contributed by atoms with Gasteiger partial charge in [0.25, 0.3) is 11.5 Å². The molecule has 2 aliphatic rings. The average molecular weight is 526 g/mol. The van der Waals surface area contributed by atoms with Crippen molar-refractivity contribution in [1.29, 1.82) is 0 Å². The van der Waals surface area contributed by atoms with Gasteiger partial charge in [-0.3, -0.25) is 19.3 Å². The van der Waals surface area contributed by atoms with E-state index in [-0.39, 0.29) is 65.3 Å². The van der Waals surface area contributed by atoms with Crippen LogP contribution in [-0.2, 0) is 27.3 Å². The molecule has 35 heavy (non-hydrogen) atoms. The molecule has 2 aliphatic heterocycles. The molecular formula is C21H20N5NaO6S2. The zero-order valence-corrected chi connectivity index (χ0v) is 22.3. The first-order valence-corrected chi connectivity index (χ1v) is 12.2. The SMILES string of the molecule is NCc1cc(O)ccc1CC(=O)NC1C(=O)N2C(C(=O)[O-])=C(CSc3ccc(=O)[nH]n3)CS[C@H]12.[Na+]. The van der Waals surface area contributed by atoms with E-state index in [1.54, 1.807) is 6.07 Å². The van der Waals surface area contributed by atoms with Crippen molar-refractivity contribution in [2.75, 3.05) is 11.5 Å². The summed E-state index contributed by atoms with van der Waals surface area (Å²) in [6.07, 6.45) is -0.0365. The Morgan fingerprint density at radius 2 is 2.06 bits per heavy atom. The molecule has 0 bridgehead atoms. The van der Waals surface area contributed by atoms with Gasteiger partial charge in [0, 0.05) is 24.1 Å². The third kappa shape index (κ3) is 5.93.